The van der Waals surface area contributed by atoms with E-state index in [2.05, 4.69) is 0 Å². The minimum atomic E-state index is -0.680. The fourth-order valence-corrected chi connectivity index (χ4v) is 1.97. The maximum absolute atomic E-state index is 12.1. The maximum atomic E-state index is 12.1. The standard InChI is InChI=1S/C16H10O6/c17-8-13(18)10-2-1-3-12(6-10)22-16(19)11-4-5-14-15(7-11)21-9-20-14/h1-8H,9H2. The summed E-state index contributed by atoms with van der Waals surface area (Å²) in [5, 5.41) is 0. The van der Waals surface area contributed by atoms with Crippen LogP contribution in [0.2, 0.25) is 0 Å². The van der Waals surface area contributed by atoms with Crippen molar-refractivity contribution < 1.29 is 28.6 Å². The zero-order valence-corrected chi connectivity index (χ0v) is 11.3. The number of hydrogen-bond donors (Lipinski definition) is 0. The summed E-state index contributed by atoms with van der Waals surface area (Å²) in [7, 11) is 0. The molecular weight excluding hydrogens is 288 g/mol. The number of aldehydes is 1. The number of hydrogen-bond acceptors (Lipinski definition) is 6. The number of carbonyl (C=O) groups excluding carboxylic acids is 3. The Morgan fingerprint density at radius 2 is 1.82 bits per heavy atom. The van der Waals surface area contributed by atoms with Crippen LogP contribution in [-0.2, 0) is 4.79 Å². The summed E-state index contributed by atoms with van der Waals surface area (Å²) >= 11 is 0. The lowest BCUT2D eigenvalue weighted by Gasteiger charge is -2.06. The first kappa shape index (κ1) is 13.8. The highest BCUT2D eigenvalue weighted by Crippen LogP contribution is 2.32. The van der Waals surface area contributed by atoms with Crippen LogP contribution in [-0.4, -0.2) is 24.8 Å². The Hall–Kier alpha value is -3.15. The van der Waals surface area contributed by atoms with Crippen molar-refractivity contribution >= 4 is 18.0 Å². The van der Waals surface area contributed by atoms with Crippen LogP contribution >= 0.6 is 0 Å². The Bertz CT molecular complexity index is 765. The first-order valence-electron chi connectivity index (χ1n) is 6.39. The number of fused-ring (bicyclic) bond motifs is 1. The minimum absolute atomic E-state index is 0.115. The van der Waals surface area contributed by atoms with E-state index in [0.717, 1.165) is 0 Å². The normalized spacial score (nSPS) is 11.8. The van der Waals surface area contributed by atoms with Gasteiger partial charge in [0.2, 0.25) is 12.6 Å². The average Bonchev–Trinajstić information content (AvgIpc) is 3.01. The molecule has 22 heavy (non-hydrogen) atoms. The highest BCUT2D eigenvalue weighted by atomic mass is 16.7. The van der Waals surface area contributed by atoms with Crippen LogP contribution in [0.5, 0.6) is 17.2 Å². The van der Waals surface area contributed by atoms with Gasteiger partial charge in [0.25, 0.3) is 0 Å². The van der Waals surface area contributed by atoms with Gasteiger partial charge in [-0.1, -0.05) is 12.1 Å². The Labute approximate surface area is 125 Å². The highest BCUT2D eigenvalue weighted by Gasteiger charge is 2.17. The molecule has 2 aromatic rings. The van der Waals surface area contributed by atoms with E-state index in [1.807, 2.05) is 0 Å². The summed E-state index contributed by atoms with van der Waals surface area (Å²) in [6.45, 7) is 0.115. The van der Waals surface area contributed by atoms with Gasteiger partial charge in [0.05, 0.1) is 5.56 Å². The van der Waals surface area contributed by atoms with E-state index in [4.69, 9.17) is 14.2 Å². The topological polar surface area (TPSA) is 78.9 Å². The van der Waals surface area contributed by atoms with Crippen molar-refractivity contribution in [2.45, 2.75) is 0 Å². The van der Waals surface area contributed by atoms with Gasteiger partial charge in [0, 0.05) is 5.56 Å². The van der Waals surface area contributed by atoms with Crippen molar-refractivity contribution in [3.05, 3.63) is 53.6 Å². The molecule has 3 rings (SSSR count). The predicted molar refractivity (Wildman–Crippen MR) is 74.4 cm³/mol. The Morgan fingerprint density at radius 3 is 2.64 bits per heavy atom. The van der Waals surface area contributed by atoms with Gasteiger partial charge in [-0.25, -0.2) is 4.79 Å². The third-order valence-corrected chi connectivity index (χ3v) is 3.04. The molecule has 0 saturated carbocycles. The summed E-state index contributed by atoms with van der Waals surface area (Å²) in [6, 6.07) is 10.5. The predicted octanol–water partition coefficient (Wildman–Crippen LogP) is 2.02. The fourth-order valence-electron chi connectivity index (χ4n) is 1.97. The van der Waals surface area contributed by atoms with E-state index in [0.29, 0.717) is 11.5 Å². The van der Waals surface area contributed by atoms with Crippen LogP contribution in [0, 0.1) is 0 Å². The molecule has 2 aromatic carbocycles. The first-order chi connectivity index (χ1) is 10.7. The largest absolute Gasteiger partial charge is 0.454 e. The number of esters is 1. The van der Waals surface area contributed by atoms with E-state index in [1.54, 1.807) is 12.1 Å². The molecular formula is C16H10O6. The lowest BCUT2D eigenvalue weighted by molar-refractivity contribution is -0.104. The average molecular weight is 298 g/mol. The molecule has 1 heterocycles. The Kier molecular flexibility index (Phi) is 3.57. The number of rotatable bonds is 4. The van der Waals surface area contributed by atoms with E-state index in [-0.39, 0.29) is 30.0 Å². The van der Waals surface area contributed by atoms with Crippen LogP contribution in [0.1, 0.15) is 20.7 Å². The van der Waals surface area contributed by atoms with Crippen molar-refractivity contribution in [1.82, 2.24) is 0 Å². The van der Waals surface area contributed by atoms with E-state index in [9.17, 15) is 14.4 Å². The van der Waals surface area contributed by atoms with Crippen LogP contribution in [0.4, 0.5) is 0 Å². The third-order valence-electron chi connectivity index (χ3n) is 3.04. The molecule has 0 bridgehead atoms. The lowest BCUT2D eigenvalue weighted by Crippen LogP contribution is -2.09. The Balaban J connectivity index is 1.79. The minimum Gasteiger partial charge on any atom is -0.454 e. The third kappa shape index (κ3) is 2.67. The fraction of sp³-hybridized carbons (Fsp3) is 0.0625. The molecule has 0 amide bonds. The van der Waals surface area contributed by atoms with Crippen molar-refractivity contribution in [3.8, 4) is 17.2 Å². The van der Waals surface area contributed by atoms with Crippen molar-refractivity contribution in [3.63, 3.8) is 0 Å². The van der Waals surface area contributed by atoms with Gasteiger partial charge < -0.3 is 14.2 Å². The zero-order chi connectivity index (χ0) is 15.5. The smallest absolute Gasteiger partial charge is 0.343 e. The van der Waals surface area contributed by atoms with Gasteiger partial charge in [-0.2, -0.15) is 0 Å². The van der Waals surface area contributed by atoms with Gasteiger partial charge in [0.1, 0.15) is 5.75 Å². The molecule has 1 aliphatic rings. The zero-order valence-electron chi connectivity index (χ0n) is 11.3. The molecule has 0 fully saturated rings. The highest BCUT2D eigenvalue weighted by molar-refractivity contribution is 6.33. The summed E-state index contributed by atoms with van der Waals surface area (Å²) < 4.78 is 15.5. The molecule has 0 saturated heterocycles. The SMILES string of the molecule is O=CC(=O)c1cccc(OC(=O)c2ccc3c(c2)OCO3)c1. The number of benzene rings is 2. The molecule has 6 heteroatoms. The molecule has 0 N–H and O–H groups in total. The number of ether oxygens (including phenoxy) is 3. The van der Waals surface area contributed by atoms with Gasteiger partial charge in [0.15, 0.2) is 17.8 Å². The van der Waals surface area contributed by atoms with Crippen LogP contribution < -0.4 is 14.2 Å². The molecule has 6 nitrogen and oxygen atoms in total. The van der Waals surface area contributed by atoms with E-state index in [1.165, 1.54) is 30.3 Å². The van der Waals surface area contributed by atoms with Crippen LogP contribution in [0.15, 0.2) is 42.5 Å². The number of ketones is 1. The summed E-state index contributed by atoms with van der Waals surface area (Å²) in [4.78, 5) is 33.9. The molecule has 0 aromatic heterocycles. The van der Waals surface area contributed by atoms with Gasteiger partial charge in [-0.05, 0) is 30.3 Å². The summed E-state index contributed by atoms with van der Waals surface area (Å²) in [6.07, 6.45) is 0.207. The molecule has 0 atom stereocenters. The first-order valence-corrected chi connectivity index (χ1v) is 6.39. The van der Waals surface area contributed by atoms with E-state index < -0.39 is 11.8 Å². The van der Waals surface area contributed by atoms with Crippen molar-refractivity contribution in [2.24, 2.45) is 0 Å². The van der Waals surface area contributed by atoms with Crippen molar-refractivity contribution in [2.75, 3.05) is 6.79 Å². The molecule has 110 valence electrons. The van der Waals surface area contributed by atoms with Crippen LogP contribution in [0.3, 0.4) is 0 Å². The van der Waals surface area contributed by atoms with Crippen LogP contribution in [0.25, 0.3) is 0 Å². The van der Waals surface area contributed by atoms with E-state index >= 15 is 0 Å². The maximum Gasteiger partial charge on any atom is 0.343 e. The number of Topliss-reactive ketones (excluding diaryl/α,β-unsaturated/α-hetero) is 1. The van der Waals surface area contributed by atoms with Crippen molar-refractivity contribution in [1.29, 1.82) is 0 Å². The summed E-state index contributed by atoms with van der Waals surface area (Å²) in [5.74, 6) is -0.0696. The van der Waals surface area contributed by atoms with Gasteiger partial charge in [-0.3, -0.25) is 9.59 Å². The monoisotopic (exact) mass is 298 g/mol. The Morgan fingerprint density at radius 1 is 1.00 bits per heavy atom. The van der Waals surface area contributed by atoms with Gasteiger partial charge in [-0.15, -0.1) is 0 Å². The molecule has 0 spiro atoms. The van der Waals surface area contributed by atoms with Gasteiger partial charge >= 0.3 is 5.97 Å². The molecule has 0 unspecified atom stereocenters. The number of carbonyl (C=O) groups is 3. The molecule has 0 radical (unpaired) electrons. The molecule has 0 aliphatic carbocycles. The molecule has 1 aliphatic heterocycles. The second-order valence-electron chi connectivity index (χ2n) is 4.47. The second-order valence-corrected chi connectivity index (χ2v) is 4.47. The second kappa shape index (κ2) is 5.69. The summed E-state index contributed by atoms with van der Waals surface area (Å²) in [5.41, 5.74) is 0.447. The lowest BCUT2D eigenvalue weighted by atomic mass is 10.1. The quantitative estimate of drug-likeness (QED) is 0.282.